The lowest BCUT2D eigenvalue weighted by Gasteiger charge is -2.13. The fourth-order valence-electron chi connectivity index (χ4n) is 1.36. The lowest BCUT2D eigenvalue weighted by atomic mass is 10.0. The molecule has 0 radical (unpaired) electrons. The Bertz CT molecular complexity index is 335. The zero-order valence-electron chi connectivity index (χ0n) is 8.51. The Morgan fingerprint density at radius 3 is 2.67 bits per heavy atom. The molecule has 0 aliphatic rings. The first-order chi connectivity index (χ1) is 7.13. The Kier molecular flexibility index (Phi) is 4.12. The summed E-state index contributed by atoms with van der Waals surface area (Å²) in [5, 5.41) is 18.1. The van der Waals surface area contributed by atoms with Crippen LogP contribution < -0.4 is 0 Å². The Balaban J connectivity index is 2.66. The first-order valence-corrected chi connectivity index (χ1v) is 4.65. The van der Waals surface area contributed by atoms with Crippen LogP contribution in [0.3, 0.4) is 0 Å². The van der Waals surface area contributed by atoms with Crippen LogP contribution in [0.15, 0.2) is 24.3 Å². The Morgan fingerprint density at radius 1 is 1.47 bits per heavy atom. The maximum Gasteiger partial charge on any atom is 0.305 e. The van der Waals surface area contributed by atoms with Crippen LogP contribution in [0.5, 0.6) is 5.75 Å². The third-order valence-corrected chi connectivity index (χ3v) is 2.17. The number of methoxy groups -OCH3 is 1. The molecule has 0 fully saturated rings. The first-order valence-electron chi connectivity index (χ1n) is 4.65. The van der Waals surface area contributed by atoms with Crippen molar-refractivity contribution in [2.24, 2.45) is 0 Å². The van der Waals surface area contributed by atoms with Gasteiger partial charge in [0, 0.05) is 13.5 Å². The zero-order valence-corrected chi connectivity index (χ0v) is 8.51. The van der Waals surface area contributed by atoms with Gasteiger partial charge in [-0.2, -0.15) is 0 Å². The molecule has 0 saturated carbocycles. The monoisotopic (exact) mass is 210 g/mol. The van der Waals surface area contributed by atoms with Gasteiger partial charge in [0.15, 0.2) is 0 Å². The van der Waals surface area contributed by atoms with E-state index in [4.69, 9.17) is 9.84 Å². The molecule has 1 aromatic carbocycles. The largest absolute Gasteiger partial charge is 0.508 e. The summed E-state index contributed by atoms with van der Waals surface area (Å²) in [4.78, 5) is 10.5. The van der Waals surface area contributed by atoms with Gasteiger partial charge in [-0.15, -0.1) is 0 Å². The summed E-state index contributed by atoms with van der Waals surface area (Å²) < 4.78 is 5.03. The summed E-state index contributed by atoms with van der Waals surface area (Å²) in [6.45, 7) is 0. The molecule has 1 atom stereocenters. The van der Waals surface area contributed by atoms with E-state index in [9.17, 15) is 9.90 Å². The van der Waals surface area contributed by atoms with Gasteiger partial charge < -0.3 is 14.9 Å². The lowest BCUT2D eigenvalue weighted by Crippen LogP contribution is -2.18. The van der Waals surface area contributed by atoms with Crippen molar-refractivity contribution in [1.29, 1.82) is 0 Å². The summed E-state index contributed by atoms with van der Waals surface area (Å²) in [6.07, 6.45) is -0.0730. The molecule has 15 heavy (non-hydrogen) atoms. The van der Waals surface area contributed by atoms with Gasteiger partial charge in [0.2, 0.25) is 0 Å². The number of carboxylic acid groups (broad SMARTS) is 1. The number of rotatable bonds is 5. The van der Waals surface area contributed by atoms with E-state index in [0.29, 0.717) is 12.0 Å². The minimum absolute atomic E-state index is 0.0646. The fourth-order valence-corrected chi connectivity index (χ4v) is 1.36. The van der Waals surface area contributed by atoms with E-state index < -0.39 is 12.1 Å². The second-order valence-electron chi connectivity index (χ2n) is 3.29. The highest BCUT2D eigenvalue weighted by Gasteiger charge is 2.14. The molecule has 4 heteroatoms. The average molecular weight is 210 g/mol. The number of carboxylic acids is 1. The number of para-hydroxylation sites is 1. The van der Waals surface area contributed by atoms with E-state index in [1.807, 2.05) is 0 Å². The van der Waals surface area contributed by atoms with Gasteiger partial charge in [0.05, 0.1) is 12.5 Å². The molecule has 0 bridgehead atoms. The van der Waals surface area contributed by atoms with Crippen molar-refractivity contribution in [2.45, 2.75) is 18.9 Å². The molecule has 2 N–H and O–H groups in total. The third kappa shape index (κ3) is 3.59. The molecule has 0 amide bonds. The number of benzene rings is 1. The van der Waals surface area contributed by atoms with Crippen molar-refractivity contribution in [1.82, 2.24) is 0 Å². The molecule has 0 saturated heterocycles. The average Bonchev–Trinajstić information content (AvgIpc) is 2.19. The molecule has 1 rings (SSSR count). The molecular weight excluding hydrogens is 196 g/mol. The number of aliphatic carboxylic acids is 1. The Morgan fingerprint density at radius 2 is 2.13 bits per heavy atom. The van der Waals surface area contributed by atoms with Crippen LogP contribution >= 0.6 is 0 Å². The number of carbonyl (C=O) groups is 1. The van der Waals surface area contributed by atoms with Gasteiger partial charge in [-0.1, -0.05) is 18.2 Å². The van der Waals surface area contributed by atoms with E-state index in [0.717, 1.165) is 0 Å². The van der Waals surface area contributed by atoms with Crippen LogP contribution in [0.25, 0.3) is 0 Å². The van der Waals surface area contributed by atoms with Gasteiger partial charge in [0.1, 0.15) is 5.75 Å². The minimum Gasteiger partial charge on any atom is -0.508 e. The van der Waals surface area contributed by atoms with Gasteiger partial charge >= 0.3 is 5.97 Å². The first kappa shape index (κ1) is 11.5. The minimum atomic E-state index is -0.905. The fraction of sp³-hybridized carbons (Fsp3) is 0.364. The zero-order chi connectivity index (χ0) is 11.3. The van der Waals surface area contributed by atoms with E-state index >= 15 is 0 Å². The summed E-state index contributed by atoms with van der Waals surface area (Å²) in [5.74, 6) is -0.734. The van der Waals surface area contributed by atoms with Crippen molar-refractivity contribution >= 4 is 5.97 Å². The summed E-state index contributed by atoms with van der Waals surface area (Å²) in [6, 6.07) is 6.84. The van der Waals surface area contributed by atoms with Crippen molar-refractivity contribution in [3.05, 3.63) is 29.8 Å². The number of phenols is 1. The topological polar surface area (TPSA) is 66.8 Å². The summed E-state index contributed by atoms with van der Waals surface area (Å²) >= 11 is 0. The summed E-state index contributed by atoms with van der Waals surface area (Å²) in [7, 11) is 1.47. The van der Waals surface area contributed by atoms with Crippen molar-refractivity contribution in [3.8, 4) is 5.75 Å². The number of aromatic hydroxyl groups is 1. The molecule has 0 aromatic heterocycles. The predicted octanol–water partition coefficient (Wildman–Crippen LogP) is 1.42. The SMILES string of the molecule is COC(CC(=O)O)Cc1ccccc1O. The molecule has 1 unspecified atom stereocenters. The van der Waals surface area contributed by atoms with Gasteiger partial charge in [-0.05, 0) is 11.6 Å². The number of ether oxygens (including phenoxy) is 1. The van der Waals surface area contributed by atoms with E-state index in [-0.39, 0.29) is 12.2 Å². The second kappa shape index (κ2) is 5.36. The Labute approximate surface area is 88.1 Å². The highest BCUT2D eigenvalue weighted by atomic mass is 16.5. The molecule has 4 nitrogen and oxygen atoms in total. The quantitative estimate of drug-likeness (QED) is 0.771. The van der Waals surface area contributed by atoms with Gasteiger partial charge in [-0.25, -0.2) is 0 Å². The Hall–Kier alpha value is -1.55. The van der Waals surface area contributed by atoms with E-state index in [1.165, 1.54) is 7.11 Å². The maximum absolute atomic E-state index is 10.5. The van der Waals surface area contributed by atoms with Crippen LogP contribution in [0.1, 0.15) is 12.0 Å². The third-order valence-electron chi connectivity index (χ3n) is 2.17. The van der Waals surface area contributed by atoms with Crippen molar-refractivity contribution in [3.63, 3.8) is 0 Å². The maximum atomic E-state index is 10.5. The standard InChI is InChI=1S/C11H14O4/c1-15-9(7-11(13)14)6-8-4-2-3-5-10(8)12/h2-5,9,12H,6-7H2,1H3,(H,13,14). The van der Waals surface area contributed by atoms with Crippen molar-refractivity contribution in [2.75, 3.05) is 7.11 Å². The van der Waals surface area contributed by atoms with E-state index in [2.05, 4.69) is 0 Å². The van der Waals surface area contributed by atoms with Gasteiger partial charge in [0.25, 0.3) is 0 Å². The van der Waals surface area contributed by atoms with Crippen LogP contribution in [0, 0.1) is 0 Å². The summed E-state index contributed by atoms with van der Waals surface area (Å²) in [5.41, 5.74) is 0.700. The molecule has 0 aliphatic heterocycles. The van der Waals surface area contributed by atoms with Crippen molar-refractivity contribution < 1.29 is 19.7 Å². The molecule has 1 aromatic rings. The normalized spacial score (nSPS) is 12.3. The highest BCUT2D eigenvalue weighted by molar-refractivity contribution is 5.67. The number of hydrogen-bond acceptors (Lipinski definition) is 3. The van der Waals surface area contributed by atoms with Crippen LogP contribution in [-0.2, 0) is 16.0 Å². The van der Waals surface area contributed by atoms with Crippen LogP contribution in [0.2, 0.25) is 0 Å². The molecular formula is C11H14O4. The molecule has 0 heterocycles. The molecule has 0 aliphatic carbocycles. The lowest BCUT2D eigenvalue weighted by molar-refractivity contribution is -0.139. The molecule has 82 valence electrons. The number of hydrogen-bond donors (Lipinski definition) is 2. The number of phenolic OH excluding ortho intramolecular Hbond substituents is 1. The predicted molar refractivity (Wildman–Crippen MR) is 54.9 cm³/mol. The van der Waals surface area contributed by atoms with Crippen LogP contribution in [-0.4, -0.2) is 29.4 Å². The second-order valence-corrected chi connectivity index (χ2v) is 3.29. The van der Waals surface area contributed by atoms with Crippen LogP contribution in [0.4, 0.5) is 0 Å². The molecule has 0 spiro atoms. The van der Waals surface area contributed by atoms with Gasteiger partial charge in [-0.3, -0.25) is 4.79 Å². The van der Waals surface area contributed by atoms with E-state index in [1.54, 1.807) is 24.3 Å². The highest BCUT2D eigenvalue weighted by Crippen LogP contribution is 2.19. The smallest absolute Gasteiger partial charge is 0.305 e.